The maximum absolute atomic E-state index is 7.03. The van der Waals surface area contributed by atoms with E-state index in [0.29, 0.717) is 16.9 Å². The molecule has 5 heterocycles. The van der Waals surface area contributed by atoms with Crippen LogP contribution in [0.3, 0.4) is 0 Å². The van der Waals surface area contributed by atoms with E-state index in [1.54, 1.807) is 0 Å². The van der Waals surface area contributed by atoms with Crippen molar-refractivity contribution in [2.45, 2.75) is 53.1 Å². The molecule has 212 valence electrons. The molecule has 0 radical (unpaired) electrons. The Labute approximate surface area is 253 Å². The number of benzene rings is 1. The highest BCUT2D eigenvalue weighted by Crippen LogP contribution is 2.45. The van der Waals surface area contributed by atoms with Crippen molar-refractivity contribution in [1.82, 2.24) is 19.9 Å². The normalized spacial score (nSPS) is 22.7. The van der Waals surface area contributed by atoms with Gasteiger partial charge in [0.2, 0.25) is 0 Å². The van der Waals surface area contributed by atoms with Crippen molar-refractivity contribution in [2.75, 3.05) is 22.9 Å². The summed E-state index contributed by atoms with van der Waals surface area (Å²) in [6.07, 6.45) is 4.96. The van der Waals surface area contributed by atoms with Crippen molar-refractivity contribution in [3.05, 3.63) is 100 Å². The summed E-state index contributed by atoms with van der Waals surface area (Å²) >= 11 is 13.0. The molecule has 6 rings (SSSR count). The van der Waals surface area contributed by atoms with Crippen LogP contribution in [-0.4, -0.2) is 32.7 Å². The number of hydrogen-bond donors (Lipinski definition) is 1. The molecule has 2 aliphatic heterocycles. The van der Waals surface area contributed by atoms with E-state index in [-0.39, 0.29) is 12.1 Å². The van der Waals surface area contributed by atoms with E-state index in [1.165, 1.54) is 17.5 Å². The van der Waals surface area contributed by atoms with Gasteiger partial charge in [-0.3, -0.25) is 4.98 Å². The topological polar surface area (TPSA) is 49.2 Å². The Morgan fingerprint density at radius 1 is 0.927 bits per heavy atom. The smallest absolute Gasteiger partial charge is 0.174 e. The highest BCUT2D eigenvalue weighted by atomic mass is 35.5. The van der Waals surface area contributed by atoms with Crippen LogP contribution in [0.2, 0.25) is 5.02 Å². The van der Waals surface area contributed by atoms with Crippen LogP contribution in [0.15, 0.2) is 67.0 Å². The zero-order chi connectivity index (χ0) is 28.8. The first-order valence-electron chi connectivity index (χ1n) is 14.4. The van der Waals surface area contributed by atoms with Crippen molar-refractivity contribution >= 4 is 40.3 Å². The van der Waals surface area contributed by atoms with Crippen molar-refractivity contribution in [1.29, 1.82) is 0 Å². The maximum atomic E-state index is 7.03. The molecule has 0 saturated carbocycles. The number of thiocarbonyl (C=S) groups is 1. The minimum Gasteiger partial charge on any atom is -0.370 e. The Hall–Kier alpha value is -3.42. The molecule has 0 amide bonds. The third-order valence-electron chi connectivity index (χ3n) is 8.44. The molecule has 0 unspecified atom stereocenters. The Morgan fingerprint density at radius 2 is 1.71 bits per heavy atom. The van der Waals surface area contributed by atoms with Crippen molar-refractivity contribution < 1.29 is 0 Å². The lowest BCUT2D eigenvalue weighted by molar-refractivity contribution is 0.357. The van der Waals surface area contributed by atoms with Gasteiger partial charge in [0, 0.05) is 42.6 Å². The first kappa shape index (κ1) is 27.7. The average Bonchev–Trinajstić information content (AvgIpc) is 3.43. The molecule has 41 heavy (non-hydrogen) atoms. The SMILES string of the molecule is Cc1ccnc(-n2c(C)cc([C@@H]3[C@@H](c4ccccn4)NC(=S)N3c3ccc(N4C[C@H](C)C[C@H](C)C4)c(Cl)c3)c2C)c1. The van der Waals surface area contributed by atoms with E-state index in [9.17, 15) is 0 Å². The van der Waals surface area contributed by atoms with Gasteiger partial charge in [-0.15, -0.1) is 0 Å². The Bertz CT molecular complexity index is 1570. The molecular weight excluding hydrogens is 548 g/mol. The number of nitrogens with one attached hydrogen (secondary N) is 1. The molecule has 0 bridgehead atoms. The van der Waals surface area contributed by atoms with E-state index in [1.807, 2.05) is 30.6 Å². The summed E-state index contributed by atoms with van der Waals surface area (Å²) in [4.78, 5) is 14.1. The molecule has 1 N–H and O–H groups in total. The number of rotatable bonds is 5. The quantitative estimate of drug-likeness (QED) is 0.245. The number of hydrogen-bond acceptors (Lipinski definition) is 4. The zero-order valence-corrected chi connectivity index (χ0v) is 25.9. The van der Waals surface area contributed by atoms with Crippen LogP contribution in [-0.2, 0) is 0 Å². The number of aryl methyl sites for hydroxylation is 2. The van der Waals surface area contributed by atoms with Crippen LogP contribution in [0, 0.1) is 32.6 Å². The third kappa shape index (κ3) is 5.22. The van der Waals surface area contributed by atoms with Gasteiger partial charge in [0.05, 0.1) is 28.5 Å². The zero-order valence-electron chi connectivity index (χ0n) is 24.3. The van der Waals surface area contributed by atoms with Crippen LogP contribution in [0.25, 0.3) is 5.82 Å². The summed E-state index contributed by atoms with van der Waals surface area (Å²) in [5.41, 5.74) is 7.60. The van der Waals surface area contributed by atoms with Gasteiger partial charge in [0.15, 0.2) is 5.11 Å². The van der Waals surface area contributed by atoms with Gasteiger partial charge in [-0.1, -0.05) is 31.5 Å². The molecule has 4 aromatic rings. The van der Waals surface area contributed by atoms with E-state index in [0.717, 1.165) is 52.4 Å². The van der Waals surface area contributed by atoms with Crippen molar-refractivity contribution in [2.24, 2.45) is 11.8 Å². The standard InChI is InChI=1S/C33H37ClN6S/c1-20-11-13-36-30(15-20)39-23(4)16-26(24(39)5)32-31(28-8-6-7-12-35-28)37-33(41)40(32)25-9-10-29(27(34)17-25)38-18-21(2)14-22(3)19-38/h6-13,15-17,21-22,31-32H,14,18-19H2,1-5H3,(H,37,41)/t21-,22+,31-,32-/m1/s1. The lowest BCUT2D eigenvalue weighted by Crippen LogP contribution is -2.38. The van der Waals surface area contributed by atoms with Gasteiger partial charge in [0.25, 0.3) is 0 Å². The second-order valence-electron chi connectivity index (χ2n) is 11.8. The molecule has 6 nitrogen and oxygen atoms in total. The van der Waals surface area contributed by atoms with Crippen LogP contribution in [0.4, 0.5) is 11.4 Å². The summed E-state index contributed by atoms with van der Waals surface area (Å²) in [7, 11) is 0. The van der Waals surface area contributed by atoms with Gasteiger partial charge in [-0.25, -0.2) is 4.98 Å². The predicted molar refractivity (Wildman–Crippen MR) is 172 cm³/mol. The molecule has 2 aliphatic rings. The van der Waals surface area contributed by atoms with Crippen molar-refractivity contribution in [3.63, 3.8) is 0 Å². The average molecular weight is 585 g/mol. The molecule has 3 aromatic heterocycles. The Kier molecular flexibility index (Phi) is 7.51. The summed E-state index contributed by atoms with van der Waals surface area (Å²) in [6, 6.07) is 18.6. The first-order valence-corrected chi connectivity index (χ1v) is 15.2. The number of halogens is 1. The molecule has 0 spiro atoms. The summed E-state index contributed by atoms with van der Waals surface area (Å²) in [5, 5.41) is 5.01. The van der Waals surface area contributed by atoms with Gasteiger partial charge in [0.1, 0.15) is 5.82 Å². The number of aromatic nitrogens is 3. The lowest BCUT2D eigenvalue weighted by atomic mass is 9.91. The number of pyridine rings is 2. The Balaban J connectivity index is 1.44. The predicted octanol–water partition coefficient (Wildman–Crippen LogP) is 7.51. The van der Waals surface area contributed by atoms with Crippen LogP contribution in [0.1, 0.15) is 60.6 Å². The fourth-order valence-corrected chi connectivity index (χ4v) is 7.43. The van der Waals surface area contributed by atoms with Crippen LogP contribution >= 0.6 is 23.8 Å². The Morgan fingerprint density at radius 3 is 2.39 bits per heavy atom. The third-order valence-corrected chi connectivity index (χ3v) is 9.05. The first-order chi connectivity index (χ1) is 19.7. The molecule has 2 fully saturated rings. The second-order valence-corrected chi connectivity index (χ2v) is 12.6. The minimum absolute atomic E-state index is 0.126. The molecule has 4 atom stereocenters. The van der Waals surface area contributed by atoms with Gasteiger partial charge in [-0.2, -0.15) is 0 Å². The van der Waals surface area contributed by atoms with Gasteiger partial charge >= 0.3 is 0 Å². The van der Waals surface area contributed by atoms with Gasteiger partial charge in [-0.05, 0) is 111 Å². The number of piperidine rings is 1. The molecule has 1 aromatic carbocycles. The van der Waals surface area contributed by atoms with E-state index >= 15 is 0 Å². The number of nitrogens with zero attached hydrogens (tertiary/aromatic N) is 5. The van der Waals surface area contributed by atoms with E-state index in [4.69, 9.17) is 33.8 Å². The number of anilines is 2. The molecule has 0 aliphatic carbocycles. The summed E-state index contributed by atoms with van der Waals surface area (Å²) in [6.45, 7) is 13.1. The highest BCUT2D eigenvalue weighted by molar-refractivity contribution is 7.80. The highest BCUT2D eigenvalue weighted by Gasteiger charge is 2.42. The maximum Gasteiger partial charge on any atom is 0.174 e. The molecule has 8 heteroatoms. The molecular formula is C33H37ClN6S. The van der Waals surface area contributed by atoms with E-state index < -0.39 is 0 Å². The van der Waals surface area contributed by atoms with Crippen LogP contribution < -0.4 is 15.1 Å². The largest absolute Gasteiger partial charge is 0.370 e. The van der Waals surface area contributed by atoms with E-state index in [2.05, 4.69) is 90.7 Å². The van der Waals surface area contributed by atoms with Crippen LogP contribution in [0.5, 0.6) is 0 Å². The fraction of sp³-hybridized carbons (Fsp3) is 0.364. The summed E-state index contributed by atoms with van der Waals surface area (Å²) < 4.78 is 2.23. The van der Waals surface area contributed by atoms with Gasteiger partial charge < -0.3 is 19.7 Å². The fourth-order valence-electron chi connectivity index (χ4n) is 6.79. The molecule has 2 saturated heterocycles. The second kappa shape index (κ2) is 11.1. The summed E-state index contributed by atoms with van der Waals surface area (Å²) in [5.74, 6) is 2.20. The van der Waals surface area contributed by atoms with Crippen molar-refractivity contribution in [3.8, 4) is 5.82 Å². The minimum atomic E-state index is -0.134. The lowest BCUT2D eigenvalue weighted by Gasteiger charge is -2.37. The monoisotopic (exact) mass is 584 g/mol.